The Balaban J connectivity index is 1.60. The zero-order valence-corrected chi connectivity index (χ0v) is 16.6. The lowest BCUT2D eigenvalue weighted by atomic mass is 10.2. The van der Waals surface area contributed by atoms with Crippen LogP contribution in [0.1, 0.15) is 15.9 Å². The quantitative estimate of drug-likeness (QED) is 0.688. The number of nitrogens with zero attached hydrogens (tertiary/aromatic N) is 4. The van der Waals surface area contributed by atoms with E-state index < -0.39 is 0 Å². The fourth-order valence-corrected chi connectivity index (χ4v) is 2.87. The first-order chi connectivity index (χ1) is 13.3. The number of rotatable bonds is 5. The minimum absolute atomic E-state index is 0.0916. The van der Waals surface area contributed by atoms with Crippen LogP contribution in [0.4, 0.5) is 10.5 Å². The van der Waals surface area contributed by atoms with Crippen LogP contribution in [0.25, 0.3) is 11.0 Å². The zero-order chi connectivity index (χ0) is 20.3. The van der Waals surface area contributed by atoms with Crippen molar-refractivity contribution in [1.29, 1.82) is 0 Å². The molecule has 146 valence electrons. The van der Waals surface area contributed by atoms with Gasteiger partial charge in [0, 0.05) is 36.9 Å². The van der Waals surface area contributed by atoms with E-state index in [1.807, 2.05) is 19.1 Å². The van der Waals surface area contributed by atoms with Gasteiger partial charge in [-0.15, -0.1) is 5.10 Å². The molecule has 3 amide bonds. The van der Waals surface area contributed by atoms with Crippen LogP contribution in [0.3, 0.4) is 0 Å². The van der Waals surface area contributed by atoms with E-state index in [1.165, 1.54) is 4.90 Å². The molecular weight excluding hydrogens is 380 g/mol. The molecule has 0 aliphatic carbocycles. The Labute approximate surface area is 167 Å². The highest BCUT2D eigenvalue weighted by Gasteiger charge is 2.12. The molecule has 0 bridgehead atoms. The number of aromatic nitrogens is 3. The monoisotopic (exact) mass is 400 g/mol. The predicted octanol–water partition coefficient (Wildman–Crippen LogP) is 2.92. The van der Waals surface area contributed by atoms with Crippen LogP contribution in [-0.2, 0) is 6.54 Å². The lowest BCUT2D eigenvalue weighted by Crippen LogP contribution is -2.31. The molecule has 3 rings (SSSR count). The highest BCUT2D eigenvalue weighted by Crippen LogP contribution is 2.20. The number of benzene rings is 2. The molecule has 0 atom stereocenters. The number of hydrogen-bond donors (Lipinski definition) is 2. The number of nitrogens with one attached hydrogen (secondary N) is 2. The number of carbonyl (C=O) groups excluding carboxylic acids is 2. The molecular formula is C19H21ClN6O2. The number of anilines is 1. The Morgan fingerprint density at radius 3 is 2.71 bits per heavy atom. The van der Waals surface area contributed by atoms with Gasteiger partial charge in [0.2, 0.25) is 0 Å². The van der Waals surface area contributed by atoms with Crippen LogP contribution in [0.2, 0.25) is 5.02 Å². The topological polar surface area (TPSA) is 92.1 Å². The van der Waals surface area contributed by atoms with Gasteiger partial charge < -0.3 is 15.5 Å². The van der Waals surface area contributed by atoms with E-state index in [0.29, 0.717) is 34.9 Å². The third kappa shape index (κ3) is 4.40. The summed E-state index contributed by atoms with van der Waals surface area (Å²) in [6.45, 7) is 2.70. The van der Waals surface area contributed by atoms with Gasteiger partial charge in [0.05, 0.1) is 12.1 Å². The van der Waals surface area contributed by atoms with E-state index >= 15 is 0 Å². The third-order valence-electron chi connectivity index (χ3n) is 4.22. The Morgan fingerprint density at radius 2 is 1.96 bits per heavy atom. The fraction of sp³-hybridized carbons (Fsp3) is 0.263. The van der Waals surface area contributed by atoms with Crippen LogP contribution in [0.5, 0.6) is 0 Å². The van der Waals surface area contributed by atoms with E-state index in [-0.39, 0.29) is 11.9 Å². The SMILES string of the molecule is Cc1ccc(Cl)cc1NC(=O)NCCn1nnc2cc(C(=O)N(C)C)ccc21. The van der Waals surface area contributed by atoms with Crippen LogP contribution >= 0.6 is 11.6 Å². The van der Waals surface area contributed by atoms with E-state index in [9.17, 15) is 9.59 Å². The molecule has 0 radical (unpaired) electrons. The molecule has 2 N–H and O–H groups in total. The molecule has 0 saturated heterocycles. The van der Waals surface area contributed by atoms with Crippen molar-refractivity contribution in [1.82, 2.24) is 25.2 Å². The molecule has 28 heavy (non-hydrogen) atoms. The zero-order valence-electron chi connectivity index (χ0n) is 15.9. The number of amides is 3. The van der Waals surface area contributed by atoms with Crippen LogP contribution in [0.15, 0.2) is 36.4 Å². The van der Waals surface area contributed by atoms with E-state index in [2.05, 4.69) is 20.9 Å². The fourth-order valence-electron chi connectivity index (χ4n) is 2.70. The molecule has 0 saturated carbocycles. The van der Waals surface area contributed by atoms with Crippen LogP contribution < -0.4 is 10.6 Å². The maximum Gasteiger partial charge on any atom is 0.319 e. The van der Waals surface area contributed by atoms with Crippen molar-refractivity contribution in [3.63, 3.8) is 0 Å². The summed E-state index contributed by atoms with van der Waals surface area (Å²) >= 11 is 5.96. The molecule has 0 aliphatic rings. The van der Waals surface area contributed by atoms with Crippen molar-refractivity contribution in [2.45, 2.75) is 13.5 Å². The van der Waals surface area contributed by atoms with Gasteiger partial charge in [-0.25, -0.2) is 9.48 Å². The summed E-state index contributed by atoms with van der Waals surface area (Å²) in [6.07, 6.45) is 0. The minimum atomic E-state index is -0.325. The molecule has 0 fully saturated rings. The Bertz CT molecular complexity index is 1030. The molecule has 0 aliphatic heterocycles. The number of aryl methyl sites for hydroxylation is 1. The molecule has 1 aromatic heterocycles. The second kappa shape index (κ2) is 8.26. The predicted molar refractivity (Wildman–Crippen MR) is 109 cm³/mol. The van der Waals surface area contributed by atoms with Crippen molar-refractivity contribution >= 4 is 40.3 Å². The van der Waals surface area contributed by atoms with Gasteiger partial charge in [0.15, 0.2) is 0 Å². The van der Waals surface area contributed by atoms with E-state index in [1.54, 1.807) is 43.0 Å². The minimum Gasteiger partial charge on any atom is -0.345 e. The van der Waals surface area contributed by atoms with Gasteiger partial charge in [-0.05, 0) is 42.8 Å². The summed E-state index contributed by atoms with van der Waals surface area (Å²) in [5, 5.41) is 14.3. The van der Waals surface area contributed by atoms with Gasteiger partial charge >= 0.3 is 6.03 Å². The molecule has 3 aromatic rings. The maximum absolute atomic E-state index is 12.1. The van der Waals surface area contributed by atoms with Gasteiger partial charge in [0.25, 0.3) is 5.91 Å². The number of fused-ring (bicyclic) bond motifs is 1. The van der Waals surface area contributed by atoms with Crippen molar-refractivity contribution in [3.8, 4) is 0 Å². The van der Waals surface area contributed by atoms with Gasteiger partial charge in [-0.3, -0.25) is 4.79 Å². The molecule has 1 heterocycles. The van der Waals surface area contributed by atoms with Crippen molar-refractivity contribution < 1.29 is 9.59 Å². The standard InChI is InChI=1S/C19H21ClN6O2/c1-12-4-6-14(20)11-15(12)22-19(28)21-8-9-26-17-7-5-13(18(27)25(2)3)10-16(17)23-24-26/h4-7,10-11H,8-9H2,1-3H3,(H2,21,22,28). The summed E-state index contributed by atoms with van der Waals surface area (Å²) in [5.74, 6) is -0.0916. The van der Waals surface area contributed by atoms with Crippen LogP contribution in [-0.4, -0.2) is 52.5 Å². The van der Waals surface area contributed by atoms with Crippen molar-refractivity contribution in [3.05, 3.63) is 52.5 Å². The average Bonchev–Trinajstić information content (AvgIpc) is 3.06. The average molecular weight is 401 g/mol. The lowest BCUT2D eigenvalue weighted by Gasteiger charge is -2.11. The molecule has 0 unspecified atom stereocenters. The molecule has 9 heteroatoms. The first-order valence-corrected chi connectivity index (χ1v) is 9.09. The normalized spacial score (nSPS) is 10.7. The van der Waals surface area contributed by atoms with Crippen molar-refractivity contribution in [2.24, 2.45) is 0 Å². The Morgan fingerprint density at radius 1 is 1.18 bits per heavy atom. The molecule has 0 spiro atoms. The second-order valence-electron chi connectivity index (χ2n) is 6.56. The lowest BCUT2D eigenvalue weighted by molar-refractivity contribution is 0.0827. The smallest absolute Gasteiger partial charge is 0.319 e. The molecule has 8 nitrogen and oxygen atoms in total. The highest BCUT2D eigenvalue weighted by atomic mass is 35.5. The first-order valence-electron chi connectivity index (χ1n) is 8.71. The van der Waals surface area contributed by atoms with Gasteiger partial charge in [-0.1, -0.05) is 22.9 Å². The summed E-state index contributed by atoms with van der Waals surface area (Å²) in [5.41, 5.74) is 3.56. The van der Waals surface area contributed by atoms with E-state index in [4.69, 9.17) is 11.6 Å². The summed E-state index contributed by atoms with van der Waals surface area (Å²) in [7, 11) is 3.40. The highest BCUT2D eigenvalue weighted by molar-refractivity contribution is 6.31. The summed E-state index contributed by atoms with van der Waals surface area (Å²) in [4.78, 5) is 25.7. The first kappa shape index (κ1) is 19.6. The number of carbonyl (C=O) groups is 2. The number of urea groups is 1. The third-order valence-corrected chi connectivity index (χ3v) is 4.46. The van der Waals surface area contributed by atoms with Crippen molar-refractivity contribution in [2.75, 3.05) is 26.0 Å². The summed E-state index contributed by atoms with van der Waals surface area (Å²) in [6, 6.07) is 10.3. The number of hydrogen-bond acceptors (Lipinski definition) is 4. The van der Waals surface area contributed by atoms with Crippen LogP contribution in [0, 0.1) is 6.92 Å². The number of halogens is 1. The van der Waals surface area contributed by atoms with Gasteiger partial charge in [0.1, 0.15) is 5.52 Å². The second-order valence-corrected chi connectivity index (χ2v) is 6.99. The maximum atomic E-state index is 12.1. The Kier molecular flexibility index (Phi) is 5.79. The van der Waals surface area contributed by atoms with E-state index in [0.717, 1.165) is 11.1 Å². The Hall–Kier alpha value is -3.13. The largest absolute Gasteiger partial charge is 0.345 e. The van der Waals surface area contributed by atoms with Gasteiger partial charge in [-0.2, -0.15) is 0 Å². The molecule has 2 aromatic carbocycles. The summed E-state index contributed by atoms with van der Waals surface area (Å²) < 4.78 is 1.68.